The highest BCUT2D eigenvalue weighted by atomic mass is 16.6. The van der Waals surface area contributed by atoms with Crippen LogP contribution in [0.4, 0.5) is 0 Å². The summed E-state index contributed by atoms with van der Waals surface area (Å²) < 4.78 is 16.8. The maximum Gasteiger partial charge on any atom is 0.306 e. The molecule has 0 radical (unpaired) electrons. The van der Waals surface area contributed by atoms with Gasteiger partial charge < -0.3 is 14.2 Å². The zero-order valence-corrected chi connectivity index (χ0v) is 42.0. The monoisotopic (exact) mass is 863 g/mol. The van der Waals surface area contributed by atoms with Crippen molar-refractivity contribution in [1.29, 1.82) is 0 Å². The molecule has 0 rings (SSSR count). The largest absolute Gasteiger partial charge is 0.462 e. The van der Waals surface area contributed by atoms with Crippen molar-refractivity contribution in [2.45, 2.75) is 304 Å². The van der Waals surface area contributed by atoms with E-state index in [4.69, 9.17) is 14.2 Å². The number of esters is 3. The standard InChI is InChI=1S/C55H106O6/c1-7-51(6)43-37-31-25-19-12-10-8-9-11-13-20-26-32-38-44-53(56)59-47-52(61-55(58)46-40-34-28-22-16-18-24-30-36-42-50(4)5)48-60-54(57)45-39-33-27-21-15-14-17-23-29-35-41-49(2)3/h49-52H,7-48H2,1-6H3/t51?,52-/m0/s1. The lowest BCUT2D eigenvalue weighted by atomic mass is 9.99. The van der Waals surface area contributed by atoms with Crippen molar-refractivity contribution in [2.75, 3.05) is 13.2 Å². The fourth-order valence-corrected chi connectivity index (χ4v) is 8.26. The number of rotatable bonds is 48. The summed E-state index contributed by atoms with van der Waals surface area (Å²) in [5.41, 5.74) is 0. The van der Waals surface area contributed by atoms with Crippen LogP contribution in [0, 0.1) is 17.8 Å². The Kier molecular flexibility index (Phi) is 45.2. The molecule has 6 nitrogen and oxygen atoms in total. The average molecular weight is 863 g/mol. The van der Waals surface area contributed by atoms with Gasteiger partial charge >= 0.3 is 17.9 Å². The second-order valence-corrected chi connectivity index (χ2v) is 20.1. The normalized spacial score (nSPS) is 12.6. The Morgan fingerprint density at radius 1 is 0.328 bits per heavy atom. The first kappa shape index (κ1) is 59.4. The molecule has 0 aromatic rings. The number of carbonyl (C=O) groups is 3. The predicted octanol–water partition coefficient (Wildman–Crippen LogP) is 17.6. The van der Waals surface area contributed by atoms with E-state index >= 15 is 0 Å². The summed E-state index contributed by atoms with van der Waals surface area (Å²) in [5, 5.41) is 0. The molecule has 0 heterocycles. The third-order valence-electron chi connectivity index (χ3n) is 12.8. The van der Waals surface area contributed by atoms with E-state index in [1.165, 1.54) is 180 Å². The minimum Gasteiger partial charge on any atom is -0.462 e. The third kappa shape index (κ3) is 47.7. The van der Waals surface area contributed by atoms with E-state index in [0.717, 1.165) is 75.5 Å². The van der Waals surface area contributed by atoms with Crippen LogP contribution in [0.15, 0.2) is 0 Å². The van der Waals surface area contributed by atoms with Crippen LogP contribution in [0.3, 0.4) is 0 Å². The molecule has 0 saturated heterocycles. The molecule has 0 spiro atoms. The summed E-state index contributed by atoms with van der Waals surface area (Å²) in [5.74, 6) is 1.67. The highest BCUT2D eigenvalue weighted by molar-refractivity contribution is 5.71. The number of ether oxygens (including phenoxy) is 3. The third-order valence-corrected chi connectivity index (χ3v) is 12.8. The summed E-state index contributed by atoms with van der Waals surface area (Å²) in [6.07, 6.45) is 46.6. The lowest BCUT2D eigenvalue weighted by Gasteiger charge is -2.18. The highest BCUT2D eigenvalue weighted by Gasteiger charge is 2.19. The van der Waals surface area contributed by atoms with Crippen molar-refractivity contribution in [2.24, 2.45) is 17.8 Å². The van der Waals surface area contributed by atoms with Gasteiger partial charge in [-0.25, -0.2) is 0 Å². The van der Waals surface area contributed by atoms with E-state index in [9.17, 15) is 14.4 Å². The molecule has 0 aliphatic rings. The molecule has 0 aromatic carbocycles. The molecular weight excluding hydrogens is 757 g/mol. The van der Waals surface area contributed by atoms with Crippen LogP contribution in [0.1, 0.15) is 298 Å². The topological polar surface area (TPSA) is 78.9 Å². The zero-order chi connectivity index (χ0) is 44.9. The molecule has 0 saturated carbocycles. The van der Waals surface area contributed by atoms with Gasteiger partial charge in [0.2, 0.25) is 0 Å². The van der Waals surface area contributed by atoms with Gasteiger partial charge in [-0.05, 0) is 37.0 Å². The van der Waals surface area contributed by atoms with Gasteiger partial charge in [0.1, 0.15) is 13.2 Å². The summed E-state index contributed by atoms with van der Waals surface area (Å²) in [6, 6.07) is 0. The Bertz CT molecular complexity index is 947. The predicted molar refractivity (Wildman–Crippen MR) is 261 cm³/mol. The molecular formula is C55H106O6. The van der Waals surface area contributed by atoms with Crippen molar-refractivity contribution >= 4 is 17.9 Å². The first-order valence-electron chi connectivity index (χ1n) is 27.1. The Balaban J connectivity index is 4.28. The maximum absolute atomic E-state index is 12.8. The van der Waals surface area contributed by atoms with Crippen LogP contribution in [0.25, 0.3) is 0 Å². The molecule has 0 N–H and O–H groups in total. The van der Waals surface area contributed by atoms with Gasteiger partial charge in [0.15, 0.2) is 6.10 Å². The van der Waals surface area contributed by atoms with Gasteiger partial charge in [0, 0.05) is 19.3 Å². The van der Waals surface area contributed by atoms with Crippen LogP contribution >= 0.6 is 0 Å². The molecule has 0 fully saturated rings. The van der Waals surface area contributed by atoms with Gasteiger partial charge in [0.25, 0.3) is 0 Å². The summed E-state index contributed by atoms with van der Waals surface area (Å²) >= 11 is 0. The van der Waals surface area contributed by atoms with E-state index in [-0.39, 0.29) is 31.1 Å². The van der Waals surface area contributed by atoms with Crippen molar-refractivity contribution in [3.63, 3.8) is 0 Å². The fourth-order valence-electron chi connectivity index (χ4n) is 8.26. The molecule has 0 amide bonds. The van der Waals surface area contributed by atoms with Gasteiger partial charge in [0.05, 0.1) is 0 Å². The number of carbonyl (C=O) groups excluding carboxylic acids is 3. The van der Waals surface area contributed by atoms with Crippen LogP contribution in [-0.2, 0) is 28.6 Å². The Morgan fingerprint density at radius 2 is 0.574 bits per heavy atom. The Labute approximate surface area is 380 Å². The first-order valence-corrected chi connectivity index (χ1v) is 27.1. The fraction of sp³-hybridized carbons (Fsp3) is 0.945. The minimum atomic E-state index is -0.763. The highest BCUT2D eigenvalue weighted by Crippen LogP contribution is 2.18. The van der Waals surface area contributed by atoms with Gasteiger partial charge in [-0.15, -0.1) is 0 Å². The van der Waals surface area contributed by atoms with E-state index in [2.05, 4.69) is 41.5 Å². The molecule has 0 aliphatic heterocycles. The second kappa shape index (κ2) is 46.4. The number of unbranched alkanes of at least 4 members (excludes halogenated alkanes) is 30. The molecule has 362 valence electrons. The molecule has 1 unspecified atom stereocenters. The quantitative estimate of drug-likeness (QED) is 0.0344. The summed E-state index contributed by atoms with van der Waals surface area (Å²) in [4.78, 5) is 38.0. The molecule has 0 bridgehead atoms. The van der Waals surface area contributed by atoms with E-state index in [0.29, 0.717) is 19.3 Å². The van der Waals surface area contributed by atoms with Gasteiger partial charge in [-0.1, -0.05) is 260 Å². The van der Waals surface area contributed by atoms with Gasteiger partial charge in [-0.3, -0.25) is 14.4 Å². The molecule has 6 heteroatoms. The maximum atomic E-state index is 12.8. The zero-order valence-electron chi connectivity index (χ0n) is 42.0. The number of hydrogen-bond donors (Lipinski definition) is 0. The van der Waals surface area contributed by atoms with Crippen LogP contribution in [-0.4, -0.2) is 37.2 Å². The van der Waals surface area contributed by atoms with Crippen molar-refractivity contribution in [3.8, 4) is 0 Å². The Morgan fingerprint density at radius 3 is 0.852 bits per heavy atom. The minimum absolute atomic E-state index is 0.0645. The smallest absolute Gasteiger partial charge is 0.306 e. The van der Waals surface area contributed by atoms with Crippen molar-refractivity contribution < 1.29 is 28.6 Å². The van der Waals surface area contributed by atoms with Crippen LogP contribution in [0.2, 0.25) is 0 Å². The summed E-state index contributed by atoms with van der Waals surface area (Å²) in [6.45, 7) is 13.7. The molecule has 0 aromatic heterocycles. The number of hydrogen-bond acceptors (Lipinski definition) is 6. The van der Waals surface area contributed by atoms with Crippen molar-refractivity contribution in [1.82, 2.24) is 0 Å². The van der Waals surface area contributed by atoms with Gasteiger partial charge in [-0.2, -0.15) is 0 Å². The van der Waals surface area contributed by atoms with Crippen LogP contribution < -0.4 is 0 Å². The molecule has 61 heavy (non-hydrogen) atoms. The van der Waals surface area contributed by atoms with Crippen molar-refractivity contribution in [3.05, 3.63) is 0 Å². The van der Waals surface area contributed by atoms with Crippen LogP contribution in [0.5, 0.6) is 0 Å². The summed E-state index contributed by atoms with van der Waals surface area (Å²) in [7, 11) is 0. The lowest BCUT2D eigenvalue weighted by molar-refractivity contribution is -0.167. The van der Waals surface area contributed by atoms with E-state index in [1.54, 1.807) is 0 Å². The lowest BCUT2D eigenvalue weighted by Crippen LogP contribution is -2.30. The molecule has 2 atom stereocenters. The van der Waals surface area contributed by atoms with E-state index in [1.807, 2.05) is 0 Å². The molecule has 0 aliphatic carbocycles. The first-order chi connectivity index (χ1) is 29.6. The van der Waals surface area contributed by atoms with E-state index < -0.39 is 6.10 Å². The average Bonchev–Trinajstić information content (AvgIpc) is 3.23. The SMILES string of the molecule is CCC(C)CCCCCCCCCCCCCCCCC(=O)OC[C@@H](COC(=O)CCCCCCCCCCCCC(C)C)OC(=O)CCCCCCCCCCCC(C)C. The second-order valence-electron chi connectivity index (χ2n) is 20.1. The Hall–Kier alpha value is -1.59.